The summed E-state index contributed by atoms with van der Waals surface area (Å²) in [4.78, 5) is 25.3. The lowest BCUT2D eigenvalue weighted by Crippen LogP contribution is -2.54. The zero-order valence-electron chi connectivity index (χ0n) is 22.5. The summed E-state index contributed by atoms with van der Waals surface area (Å²) in [5.41, 5.74) is 3.59. The van der Waals surface area contributed by atoms with E-state index in [4.69, 9.17) is 0 Å². The smallest absolute Gasteiger partial charge is 0.306 e. The van der Waals surface area contributed by atoms with Crippen LogP contribution < -0.4 is 0 Å². The van der Waals surface area contributed by atoms with Crippen LogP contribution >= 0.6 is 0 Å². The lowest BCUT2D eigenvalue weighted by Gasteiger charge is -2.60. The molecule has 0 aromatic rings. The quantitative estimate of drug-likeness (QED) is 0.437. The van der Waals surface area contributed by atoms with Gasteiger partial charge in [0.25, 0.3) is 0 Å². The number of aliphatic hydroxyl groups is 1. The van der Waals surface area contributed by atoms with Gasteiger partial charge in [-0.25, -0.2) is 0 Å². The van der Waals surface area contributed by atoms with Gasteiger partial charge in [0, 0.05) is 17.8 Å². The van der Waals surface area contributed by atoms with E-state index in [1.807, 2.05) is 13.8 Å². The van der Waals surface area contributed by atoms with E-state index in [1.165, 1.54) is 11.1 Å². The van der Waals surface area contributed by atoms with Crippen LogP contribution in [0.3, 0.4) is 0 Å². The van der Waals surface area contributed by atoms with Gasteiger partial charge in [-0.15, -0.1) is 0 Å². The second-order valence-electron chi connectivity index (χ2n) is 13.5. The third-order valence-electron chi connectivity index (χ3n) is 11.3. The van der Waals surface area contributed by atoms with Gasteiger partial charge in [-0.3, -0.25) is 9.59 Å². The second-order valence-corrected chi connectivity index (χ2v) is 13.5. The third-order valence-corrected chi connectivity index (χ3v) is 11.3. The van der Waals surface area contributed by atoms with Crippen molar-refractivity contribution in [1.82, 2.24) is 0 Å². The predicted octanol–water partition coefficient (Wildman–Crippen LogP) is 6.72. The maximum absolute atomic E-state index is 12.8. The molecule has 7 atom stereocenters. The summed E-state index contributed by atoms with van der Waals surface area (Å²) >= 11 is 0. The number of carboxylic acid groups (broad SMARTS) is 1. The number of hydrogen-bond donors (Lipinski definition) is 2. The van der Waals surface area contributed by atoms with E-state index in [2.05, 4.69) is 40.7 Å². The van der Waals surface area contributed by atoms with E-state index in [9.17, 15) is 19.8 Å². The minimum atomic E-state index is -0.764. The summed E-state index contributed by atoms with van der Waals surface area (Å²) in [5.74, 6) is -0.754. The Hall–Kier alpha value is -1.42. The van der Waals surface area contributed by atoms with Crippen molar-refractivity contribution in [1.29, 1.82) is 0 Å². The molecule has 0 saturated heterocycles. The minimum absolute atomic E-state index is 0.0357. The minimum Gasteiger partial charge on any atom is -0.481 e. The van der Waals surface area contributed by atoms with Crippen LogP contribution in [-0.4, -0.2) is 28.1 Å². The van der Waals surface area contributed by atoms with Gasteiger partial charge in [-0.05, 0) is 87.4 Å². The molecule has 4 aliphatic carbocycles. The molecule has 0 amide bonds. The molecular formula is C30H46O4. The first-order valence-electron chi connectivity index (χ1n) is 13.5. The first-order valence-corrected chi connectivity index (χ1v) is 13.5. The van der Waals surface area contributed by atoms with E-state index in [0.717, 1.165) is 38.5 Å². The average molecular weight is 471 g/mol. The number of ketones is 1. The number of rotatable bonds is 5. The van der Waals surface area contributed by atoms with Crippen LogP contribution in [0.1, 0.15) is 106 Å². The van der Waals surface area contributed by atoms with Gasteiger partial charge in [-0.2, -0.15) is 0 Å². The van der Waals surface area contributed by atoms with Crippen LogP contribution in [0, 0.1) is 39.4 Å². The molecule has 2 fully saturated rings. The predicted molar refractivity (Wildman–Crippen MR) is 135 cm³/mol. The lowest BCUT2D eigenvalue weighted by molar-refractivity contribution is -0.149. The summed E-state index contributed by atoms with van der Waals surface area (Å²) in [6.45, 7) is 15.4. The number of Topliss-reactive ketones (excluding diaryl/α,β-unsaturated/α-hetero) is 1. The summed E-state index contributed by atoms with van der Waals surface area (Å²) in [6, 6.07) is 0. The normalized spacial score (nSPS) is 41.9. The van der Waals surface area contributed by atoms with E-state index < -0.39 is 18.0 Å². The first kappa shape index (κ1) is 25.7. The Morgan fingerprint density at radius 1 is 1.06 bits per heavy atom. The maximum Gasteiger partial charge on any atom is 0.306 e. The van der Waals surface area contributed by atoms with Gasteiger partial charge in [0.15, 0.2) is 0 Å². The van der Waals surface area contributed by atoms with E-state index in [-0.39, 0.29) is 27.6 Å². The van der Waals surface area contributed by atoms with Crippen molar-refractivity contribution >= 4 is 11.8 Å². The fourth-order valence-corrected chi connectivity index (χ4v) is 9.32. The highest BCUT2D eigenvalue weighted by Gasteiger charge is 2.66. The van der Waals surface area contributed by atoms with Crippen LogP contribution in [0.4, 0.5) is 0 Å². The van der Waals surface area contributed by atoms with Crippen molar-refractivity contribution in [2.24, 2.45) is 39.4 Å². The zero-order valence-corrected chi connectivity index (χ0v) is 22.5. The largest absolute Gasteiger partial charge is 0.481 e. The van der Waals surface area contributed by atoms with Crippen molar-refractivity contribution in [3.63, 3.8) is 0 Å². The number of carboxylic acids is 1. The molecule has 4 aliphatic rings. The van der Waals surface area contributed by atoms with Crippen LogP contribution in [0.15, 0.2) is 22.8 Å². The fraction of sp³-hybridized carbons (Fsp3) is 0.800. The highest BCUT2D eigenvalue weighted by atomic mass is 16.4. The van der Waals surface area contributed by atoms with E-state index in [0.29, 0.717) is 31.0 Å². The number of hydrogen-bond acceptors (Lipinski definition) is 3. The van der Waals surface area contributed by atoms with Crippen molar-refractivity contribution in [2.75, 3.05) is 0 Å². The van der Waals surface area contributed by atoms with Gasteiger partial charge >= 0.3 is 5.97 Å². The van der Waals surface area contributed by atoms with Gasteiger partial charge in [-0.1, -0.05) is 57.4 Å². The van der Waals surface area contributed by atoms with E-state index >= 15 is 0 Å². The van der Waals surface area contributed by atoms with Crippen molar-refractivity contribution in [2.45, 2.75) is 112 Å². The Bertz CT molecular complexity index is 937. The number of carbonyl (C=O) groups is 2. The summed E-state index contributed by atoms with van der Waals surface area (Å²) in [5, 5.41) is 21.7. The molecule has 190 valence electrons. The molecule has 0 aromatic heterocycles. The SMILES string of the molecule is CC(C)=CCCC(C(=O)O)C1C(O)CC2(C)C3=C(CCC12C)C1(C)CCC(=O)C(C)(C)C1CC3. The molecule has 0 aliphatic heterocycles. The van der Waals surface area contributed by atoms with Crippen molar-refractivity contribution < 1.29 is 19.8 Å². The summed E-state index contributed by atoms with van der Waals surface area (Å²) in [7, 11) is 0. The number of aliphatic carboxylic acids is 1. The van der Waals surface area contributed by atoms with Gasteiger partial charge in [0.05, 0.1) is 12.0 Å². The van der Waals surface area contributed by atoms with Gasteiger partial charge in [0.1, 0.15) is 5.78 Å². The standard InChI is InChI=1S/C30H46O4/c1-18(2)9-8-10-19(26(33)34)25-22(31)17-30(7)21-11-12-23-27(3,4)24(32)14-15-28(23,5)20(21)13-16-29(25,30)6/h9,19,22-23,25,31H,8,10-17H2,1-7H3,(H,33,34). The second kappa shape index (κ2) is 8.32. The van der Waals surface area contributed by atoms with Crippen LogP contribution in [0.2, 0.25) is 0 Å². The van der Waals surface area contributed by atoms with Gasteiger partial charge in [0.2, 0.25) is 0 Å². The topological polar surface area (TPSA) is 74.6 Å². The molecule has 2 N–H and O–H groups in total. The highest BCUT2D eigenvalue weighted by Crippen LogP contribution is 2.72. The van der Waals surface area contributed by atoms with Crippen molar-refractivity contribution in [3.05, 3.63) is 22.8 Å². The Morgan fingerprint density at radius 2 is 1.74 bits per heavy atom. The van der Waals surface area contributed by atoms with Gasteiger partial charge < -0.3 is 10.2 Å². The molecule has 0 spiro atoms. The molecule has 0 aromatic carbocycles. The van der Waals surface area contributed by atoms with Crippen molar-refractivity contribution in [3.8, 4) is 0 Å². The number of allylic oxidation sites excluding steroid dienone is 4. The highest BCUT2D eigenvalue weighted by molar-refractivity contribution is 5.85. The monoisotopic (exact) mass is 470 g/mol. The molecule has 0 bridgehead atoms. The van der Waals surface area contributed by atoms with Crippen LogP contribution in [0.25, 0.3) is 0 Å². The zero-order chi connectivity index (χ0) is 25.3. The van der Waals surface area contributed by atoms with Crippen LogP contribution in [0.5, 0.6) is 0 Å². The average Bonchev–Trinajstić information content (AvgIpc) is 2.94. The Morgan fingerprint density at radius 3 is 2.35 bits per heavy atom. The number of aliphatic hydroxyl groups excluding tert-OH is 1. The molecular weight excluding hydrogens is 424 g/mol. The molecule has 4 rings (SSSR count). The molecule has 4 heteroatoms. The third kappa shape index (κ3) is 3.49. The fourth-order valence-electron chi connectivity index (χ4n) is 9.32. The summed E-state index contributed by atoms with van der Waals surface area (Å²) in [6.07, 6.45) is 8.98. The van der Waals surface area contributed by atoms with Crippen LogP contribution in [-0.2, 0) is 9.59 Å². The Kier molecular flexibility index (Phi) is 6.28. The maximum atomic E-state index is 12.8. The Balaban J connectivity index is 1.74. The number of fused-ring (bicyclic) bond motifs is 4. The molecule has 34 heavy (non-hydrogen) atoms. The molecule has 0 radical (unpaired) electrons. The van der Waals surface area contributed by atoms with E-state index in [1.54, 1.807) is 5.57 Å². The first-order chi connectivity index (χ1) is 15.7. The summed E-state index contributed by atoms with van der Waals surface area (Å²) < 4.78 is 0. The molecule has 4 nitrogen and oxygen atoms in total. The molecule has 7 unspecified atom stereocenters. The molecule has 2 saturated carbocycles. The lowest BCUT2D eigenvalue weighted by atomic mass is 9.43. The Labute approximate surface area is 206 Å². The number of carbonyl (C=O) groups excluding carboxylic acids is 1. The molecule has 0 heterocycles.